The molecule has 1 aliphatic rings. The van der Waals surface area contributed by atoms with Gasteiger partial charge < -0.3 is 25.2 Å². The standard InChI is InChI=1S/C16H17FN2O6/c1-8-11(17)5-9(15(22)23)6-12(8)18-13-10(16(24)25-2)7-19(3-4-20)14(13)21/h5-6,18,20H,3-4,7H2,1-2H3,(H,22,23). The number of halogens is 1. The van der Waals surface area contributed by atoms with Crippen LogP contribution in [0.15, 0.2) is 23.4 Å². The lowest BCUT2D eigenvalue weighted by Crippen LogP contribution is -2.31. The number of carbonyl (C=O) groups excluding carboxylic acids is 2. The van der Waals surface area contributed by atoms with Gasteiger partial charge in [-0.1, -0.05) is 0 Å². The summed E-state index contributed by atoms with van der Waals surface area (Å²) in [6.07, 6.45) is 0. The molecule has 9 heteroatoms. The zero-order valence-electron chi connectivity index (χ0n) is 13.6. The van der Waals surface area contributed by atoms with Crippen LogP contribution < -0.4 is 5.32 Å². The quantitative estimate of drug-likeness (QED) is 0.639. The second-order valence-electron chi connectivity index (χ2n) is 5.36. The molecule has 0 saturated carbocycles. The van der Waals surface area contributed by atoms with E-state index >= 15 is 0 Å². The summed E-state index contributed by atoms with van der Waals surface area (Å²) in [5.74, 6) is -3.41. The molecule has 1 aliphatic heterocycles. The Morgan fingerprint density at radius 1 is 1.40 bits per heavy atom. The molecule has 0 spiro atoms. The molecule has 0 fully saturated rings. The van der Waals surface area contributed by atoms with Crippen LogP contribution >= 0.6 is 0 Å². The zero-order chi connectivity index (χ0) is 18.7. The van der Waals surface area contributed by atoms with E-state index in [9.17, 15) is 18.8 Å². The number of esters is 1. The zero-order valence-corrected chi connectivity index (χ0v) is 13.6. The molecule has 25 heavy (non-hydrogen) atoms. The van der Waals surface area contributed by atoms with Crippen LogP contribution in [0.5, 0.6) is 0 Å². The minimum absolute atomic E-state index is 0.00696. The van der Waals surface area contributed by atoms with E-state index in [4.69, 9.17) is 10.2 Å². The van der Waals surface area contributed by atoms with Gasteiger partial charge >= 0.3 is 11.9 Å². The number of hydrogen-bond donors (Lipinski definition) is 3. The Kier molecular flexibility index (Phi) is 5.38. The number of aliphatic hydroxyl groups is 1. The van der Waals surface area contributed by atoms with Gasteiger partial charge in [-0.15, -0.1) is 0 Å². The highest BCUT2D eigenvalue weighted by Gasteiger charge is 2.34. The molecular formula is C16H17FN2O6. The number of rotatable bonds is 6. The molecule has 2 rings (SSSR count). The van der Waals surface area contributed by atoms with Crippen LogP contribution in [0.1, 0.15) is 15.9 Å². The lowest BCUT2D eigenvalue weighted by molar-refractivity contribution is -0.136. The van der Waals surface area contributed by atoms with Crippen molar-refractivity contribution < 1.29 is 33.7 Å². The molecule has 0 radical (unpaired) electrons. The fourth-order valence-corrected chi connectivity index (χ4v) is 2.42. The van der Waals surface area contributed by atoms with Gasteiger partial charge in [0.2, 0.25) is 0 Å². The van der Waals surface area contributed by atoms with Gasteiger partial charge in [0.1, 0.15) is 11.5 Å². The van der Waals surface area contributed by atoms with Crippen LogP contribution in [-0.4, -0.2) is 59.8 Å². The van der Waals surface area contributed by atoms with Crippen LogP contribution in [0.25, 0.3) is 0 Å². The molecule has 1 aromatic carbocycles. The van der Waals surface area contributed by atoms with Crippen molar-refractivity contribution in [3.63, 3.8) is 0 Å². The number of nitrogens with zero attached hydrogens (tertiary/aromatic N) is 1. The second kappa shape index (κ2) is 7.31. The first kappa shape index (κ1) is 18.4. The van der Waals surface area contributed by atoms with Crippen molar-refractivity contribution in [2.24, 2.45) is 0 Å². The smallest absolute Gasteiger partial charge is 0.337 e. The molecule has 0 saturated heterocycles. The number of carbonyl (C=O) groups is 3. The third kappa shape index (κ3) is 3.61. The average Bonchev–Trinajstić information content (AvgIpc) is 2.87. The Hall–Kier alpha value is -2.94. The number of ether oxygens (including phenoxy) is 1. The van der Waals surface area contributed by atoms with Gasteiger partial charge in [-0.3, -0.25) is 4.79 Å². The summed E-state index contributed by atoms with van der Waals surface area (Å²) in [7, 11) is 1.15. The van der Waals surface area contributed by atoms with E-state index in [1.807, 2.05) is 0 Å². The lowest BCUT2D eigenvalue weighted by atomic mass is 10.1. The molecular weight excluding hydrogens is 335 g/mol. The largest absolute Gasteiger partial charge is 0.478 e. The molecule has 0 bridgehead atoms. The number of carboxylic acid groups (broad SMARTS) is 1. The summed E-state index contributed by atoms with van der Waals surface area (Å²) in [5.41, 5.74) is -0.279. The Morgan fingerprint density at radius 2 is 2.08 bits per heavy atom. The Morgan fingerprint density at radius 3 is 2.64 bits per heavy atom. The Bertz CT molecular complexity index is 774. The van der Waals surface area contributed by atoms with Crippen LogP contribution in [-0.2, 0) is 14.3 Å². The van der Waals surface area contributed by atoms with E-state index in [-0.39, 0.29) is 47.8 Å². The fourth-order valence-electron chi connectivity index (χ4n) is 2.42. The molecule has 0 aromatic heterocycles. The predicted molar refractivity (Wildman–Crippen MR) is 84.4 cm³/mol. The summed E-state index contributed by atoms with van der Waals surface area (Å²) in [5, 5.41) is 20.7. The number of aliphatic hydroxyl groups excluding tert-OH is 1. The van der Waals surface area contributed by atoms with E-state index in [0.29, 0.717) is 0 Å². The van der Waals surface area contributed by atoms with E-state index in [0.717, 1.165) is 13.2 Å². The molecule has 8 nitrogen and oxygen atoms in total. The first-order chi connectivity index (χ1) is 11.8. The van der Waals surface area contributed by atoms with Crippen LogP contribution in [0.2, 0.25) is 0 Å². The summed E-state index contributed by atoms with van der Waals surface area (Å²) in [6.45, 7) is 1.05. The fraction of sp³-hybridized carbons (Fsp3) is 0.312. The van der Waals surface area contributed by atoms with Gasteiger partial charge in [-0.2, -0.15) is 0 Å². The molecule has 134 valence electrons. The Balaban J connectivity index is 2.46. The van der Waals surface area contributed by atoms with E-state index in [1.165, 1.54) is 17.9 Å². The molecule has 0 aliphatic carbocycles. The summed E-state index contributed by atoms with van der Waals surface area (Å²) in [6, 6.07) is 2.04. The van der Waals surface area contributed by atoms with E-state index in [1.54, 1.807) is 0 Å². The highest BCUT2D eigenvalue weighted by molar-refractivity contribution is 6.08. The SMILES string of the molecule is COC(=O)C1=C(Nc2cc(C(=O)O)cc(F)c2C)C(=O)N(CCO)C1. The van der Waals surface area contributed by atoms with Gasteiger partial charge in [0.25, 0.3) is 5.91 Å². The first-order valence-corrected chi connectivity index (χ1v) is 7.32. The van der Waals surface area contributed by atoms with Gasteiger partial charge in [0, 0.05) is 17.8 Å². The summed E-state index contributed by atoms with van der Waals surface area (Å²) in [4.78, 5) is 36.6. The minimum atomic E-state index is -1.33. The maximum absolute atomic E-state index is 14.0. The topological polar surface area (TPSA) is 116 Å². The van der Waals surface area contributed by atoms with E-state index < -0.39 is 23.7 Å². The summed E-state index contributed by atoms with van der Waals surface area (Å²) < 4.78 is 18.6. The lowest BCUT2D eigenvalue weighted by Gasteiger charge is -2.16. The second-order valence-corrected chi connectivity index (χ2v) is 5.36. The molecule has 1 heterocycles. The number of nitrogens with one attached hydrogen (secondary N) is 1. The van der Waals surface area contributed by atoms with Gasteiger partial charge in [0.15, 0.2) is 0 Å². The third-order valence-electron chi connectivity index (χ3n) is 3.80. The Labute approximate surface area is 142 Å². The summed E-state index contributed by atoms with van der Waals surface area (Å²) >= 11 is 0. The average molecular weight is 352 g/mol. The highest BCUT2D eigenvalue weighted by Crippen LogP contribution is 2.27. The van der Waals surface area contributed by atoms with Gasteiger partial charge in [0.05, 0.1) is 31.4 Å². The monoisotopic (exact) mass is 352 g/mol. The van der Waals surface area contributed by atoms with Crippen molar-refractivity contribution in [1.82, 2.24) is 4.90 Å². The van der Waals surface area contributed by atoms with E-state index in [2.05, 4.69) is 10.1 Å². The number of hydrogen-bond acceptors (Lipinski definition) is 6. The number of aromatic carboxylic acids is 1. The highest BCUT2D eigenvalue weighted by atomic mass is 19.1. The number of carboxylic acids is 1. The van der Waals surface area contributed by atoms with Crippen molar-refractivity contribution in [3.05, 3.63) is 40.3 Å². The van der Waals surface area contributed by atoms with Crippen molar-refractivity contribution in [1.29, 1.82) is 0 Å². The van der Waals surface area contributed by atoms with Crippen LogP contribution in [0, 0.1) is 12.7 Å². The minimum Gasteiger partial charge on any atom is -0.478 e. The third-order valence-corrected chi connectivity index (χ3v) is 3.80. The van der Waals surface area contributed by atoms with Gasteiger partial charge in [-0.25, -0.2) is 14.0 Å². The van der Waals surface area contributed by atoms with Crippen molar-refractivity contribution in [2.45, 2.75) is 6.92 Å². The van der Waals surface area contributed by atoms with Crippen molar-refractivity contribution in [2.75, 3.05) is 32.1 Å². The maximum atomic E-state index is 14.0. The van der Waals surface area contributed by atoms with Crippen LogP contribution in [0.4, 0.5) is 10.1 Å². The maximum Gasteiger partial charge on any atom is 0.337 e. The molecule has 0 unspecified atom stereocenters. The number of benzene rings is 1. The predicted octanol–water partition coefficient (Wildman–Crippen LogP) is 0.506. The number of amides is 1. The number of β-amino-alcohol motifs (C(OH)–C–C–N with tert-alkyl or cyclic N) is 1. The van der Waals surface area contributed by atoms with Crippen molar-refractivity contribution in [3.8, 4) is 0 Å². The molecule has 0 atom stereocenters. The molecule has 1 amide bonds. The normalized spacial score (nSPS) is 14.1. The van der Waals surface area contributed by atoms with Gasteiger partial charge in [-0.05, 0) is 19.1 Å². The number of methoxy groups -OCH3 is 1. The number of anilines is 1. The van der Waals surface area contributed by atoms with Crippen molar-refractivity contribution >= 4 is 23.5 Å². The first-order valence-electron chi connectivity index (χ1n) is 7.32. The van der Waals surface area contributed by atoms with Crippen LogP contribution in [0.3, 0.4) is 0 Å². The molecule has 3 N–H and O–H groups in total. The molecule has 1 aromatic rings.